The summed E-state index contributed by atoms with van der Waals surface area (Å²) in [4.78, 5) is 12.7. The summed E-state index contributed by atoms with van der Waals surface area (Å²) in [6, 6.07) is 4.01. The molecule has 0 spiro atoms. The van der Waals surface area contributed by atoms with Gasteiger partial charge in [-0.3, -0.25) is 4.79 Å². The highest BCUT2D eigenvalue weighted by molar-refractivity contribution is 5.85. The predicted octanol–water partition coefficient (Wildman–Crippen LogP) is 1.67. The number of hydrogen-bond acceptors (Lipinski definition) is 4. The lowest BCUT2D eigenvalue weighted by Gasteiger charge is -2.23. The molecule has 1 aromatic carbocycles. The third-order valence-electron chi connectivity index (χ3n) is 2.87. The highest BCUT2D eigenvalue weighted by Gasteiger charge is 2.34. The van der Waals surface area contributed by atoms with E-state index in [0.29, 0.717) is 0 Å². The standard InChI is InChI=1S/C14H19F3N2O3.ClH/c1-9(18)13(21)19(2)7-10(20)8-22-12-6-4-3-5-11(12)14(15,16)17;/h3-6,9-10,20H,7-8,18H2,1-2H3;1H. The summed E-state index contributed by atoms with van der Waals surface area (Å²) in [5.41, 5.74) is 4.50. The maximum atomic E-state index is 12.8. The number of ether oxygens (including phenoxy) is 1. The van der Waals surface area contributed by atoms with Crippen LogP contribution >= 0.6 is 12.4 Å². The normalized spacial score (nSPS) is 13.7. The Kier molecular flexibility index (Phi) is 8.36. The van der Waals surface area contributed by atoms with Crippen LogP contribution in [0.5, 0.6) is 5.75 Å². The number of carbonyl (C=O) groups is 1. The second-order valence-electron chi connectivity index (χ2n) is 4.97. The lowest BCUT2D eigenvalue weighted by Crippen LogP contribution is -2.44. The lowest BCUT2D eigenvalue weighted by molar-refractivity contribution is -0.139. The summed E-state index contributed by atoms with van der Waals surface area (Å²) < 4.78 is 43.3. The van der Waals surface area contributed by atoms with Gasteiger partial charge in [0.05, 0.1) is 11.6 Å². The molecule has 3 N–H and O–H groups in total. The third-order valence-corrected chi connectivity index (χ3v) is 2.87. The summed E-state index contributed by atoms with van der Waals surface area (Å²) >= 11 is 0. The molecule has 2 unspecified atom stereocenters. The molecule has 0 fully saturated rings. The second-order valence-corrected chi connectivity index (χ2v) is 4.97. The Bertz CT molecular complexity index is 512. The Morgan fingerprint density at radius 3 is 2.48 bits per heavy atom. The van der Waals surface area contributed by atoms with E-state index >= 15 is 0 Å². The van der Waals surface area contributed by atoms with Gasteiger partial charge in [-0.15, -0.1) is 12.4 Å². The van der Waals surface area contributed by atoms with Crippen molar-refractivity contribution in [2.75, 3.05) is 20.2 Å². The van der Waals surface area contributed by atoms with Crippen LogP contribution in [-0.4, -0.2) is 48.3 Å². The Hall–Kier alpha value is -1.51. The number of nitrogens with zero attached hydrogens (tertiary/aromatic N) is 1. The quantitative estimate of drug-likeness (QED) is 0.813. The molecule has 9 heteroatoms. The maximum absolute atomic E-state index is 12.8. The number of aliphatic hydroxyl groups is 1. The van der Waals surface area contributed by atoms with Crippen LogP contribution in [0.2, 0.25) is 0 Å². The molecule has 0 saturated heterocycles. The molecule has 0 heterocycles. The van der Waals surface area contributed by atoms with E-state index in [1.807, 2.05) is 0 Å². The van der Waals surface area contributed by atoms with Crippen LogP contribution in [0.3, 0.4) is 0 Å². The predicted molar refractivity (Wildman–Crippen MR) is 81.5 cm³/mol. The van der Waals surface area contributed by atoms with Crippen molar-refractivity contribution in [1.29, 1.82) is 0 Å². The minimum Gasteiger partial charge on any atom is -0.490 e. The van der Waals surface area contributed by atoms with Crippen LogP contribution in [0.1, 0.15) is 12.5 Å². The first kappa shape index (κ1) is 21.5. The Balaban J connectivity index is 0.00000484. The van der Waals surface area contributed by atoms with Gasteiger partial charge in [0.2, 0.25) is 5.91 Å². The number of likely N-dealkylation sites (N-methyl/N-ethyl adjacent to an activating group) is 1. The first-order valence-electron chi connectivity index (χ1n) is 6.60. The summed E-state index contributed by atoms with van der Waals surface area (Å²) in [5.74, 6) is -0.745. The molecular formula is C14H20ClF3N2O3. The topological polar surface area (TPSA) is 75.8 Å². The fraction of sp³-hybridized carbons (Fsp3) is 0.500. The van der Waals surface area contributed by atoms with E-state index in [-0.39, 0.29) is 37.2 Å². The molecule has 0 bridgehead atoms. The average molecular weight is 357 g/mol. The number of carbonyl (C=O) groups excluding carboxylic acids is 1. The highest BCUT2D eigenvalue weighted by atomic mass is 35.5. The fourth-order valence-electron chi connectivity index (χ4n) is 1.82. The molecule has 0 saturated carbocycles. The van der Waals surface area contributed by atoms with Gasteiger partial charge in [0.25, 0.3) is 0 Å². The van der Waals surface area contributed by atoms with Crippen molar-refractivity contribution in [2.24, 2.45) is 5.73 Å². The van der Waals surface area contributed by atoms with Crippen LogP contribution in [0.25, 0.3) is 0 Å². The van der Waals surface area contributed by atoms with Gasteiger partial charge in [-0.25, -0.2) is 0 Å². The number of nitrogens with two attached hydrogens (primary N) is 1. The van der Waals surface area contributed by atoms with Crippen molar-refractivity contribution >= 4 is 18.3 Å². The zero-order valence-corrected chi connectivity index (χ0v) is 13.5. The van der Waals surface area contributed by atoms with Gasteiger partial charge in [-0.2, -0.15) is 13.2 Å². The molecule has 23 heavy (non-hydrogen) atoms. The van der Waals surface area contributed by atoms with Crippen LogP contribution in [0.15, 0.2) is 24.3 Å². The number of benzene rings is 1. The number of halogens is 4. The minimum absolute atomic E-state index is 0. The first-order chi connectivity index (χ1) is 10.1. The summed E-state index contributed by atoms with van der Waals surface area (Å²) in [6.07, 6.45) is -5.67. The van der Waals surface area contributed by atoms with E-state index in [1.165, 1.54) is 37.1 Å². The van der Waals surface area contributed by atoms with E-state index in [9.17, 15) is 23.1 Å². The lowest BCUT2D eigenvalue weighted by atomic mass is 10.2. The van der Waals surface area contributed by atoms with Crippen molar-refractivity contribution < 1.29 is 27.8 Å². The largest absolute Gasteiger partial charge is 0.490 e. The van der Waals surface area contributed by atoms with Crippen LogP contribution in [0.4, 0.5) is 13.2 Å². The number of amides is 1. The van der Waals surface area contributed by atoms with Crippen molar-refractivity contribution in [3.63, 3.8) is 0 Å². The molecule has 0 radical (unpaired) electrons. The second kappa shape index (κ2) is 8.95. The Morgan fingerprint density at radius 2 is 1.96 bits per heavy atom. The number of alkyl halides is 3. The highest BCUT2D eigenvalue weighted by Crippen LogP contribution is 2.35. The third kappa shape index (κ3) is 6.64. The number of rotatable bonds is 6. The molecule has 132 valence electrons. The van der Waals surface area contributed by atoms with Crippen molar-refractivity contribution in [3.8, 4) is 5.75 Å². The first-order valence-corrected chi connectivity index (χ1v) is 6.60. The summed E-state index contributed by atoms with van der Waals surface area (Å²) in [5, 5.41) is 9.76. The van der Waals surface area contributed by atoms with Crippen molar-refractivity contribution in [3.05, 3.63) is 29.8 Å². The van der Waals surface area contributed by atoms with E-state index < -0.39 is 23.9 Å². The van der Waals surface area contributed by atoms with Gasteiger partial charge in [0.1, 0.15) is 18.5 Å². The van der Waals surface area contributed by atoms with E-state index in [0.717, 1.165) is 6.07 Å². The van der Waals surface area contributed by atoms with Gasteiger partial charge in [0.15, 0.2) is 0 Å². The van der Waals surface area contributed by atoms with Gasteiger partial charge < -0.3 is 20.5 Å². The Morgan fingerprint density at radius 1 is 1.39 bits per heavy atom. The summed E-state index contributed by atoms with van der Waals surface area (Å²) in [7, 11) is 1.44. The SMILES string of the molecule is CC(N)C(=O)N(C)CC(O)COc1ccccc1C(F)(F)F.Cl. The zero-order valence-electron chi connectivity index (χ0n) is 12.7. The fourth-order valence-corrected chi connectivity index (χ4v) is 1.82. The van der Waals surface area contributed by atoms with E-state index in [1.54, 1.807) is 0 Å². The minimum atomic E-state index is -4.54. The number of aliphatic hydroxyl groups excluding tert-OH is 1. The summed E-state index contributed by atoms with van der Waals surface area (Å²) in [6.45, 7) is 1.04. The number of para-hydroxylation sites is 1. The molecular weight excluding hydrogens is 337 g/mol. The van der Waals surface area contributed by atoms with Gasteiger partial charge in [-0.1, -0.05) is 12.1 Å². The van der Waals surface area contributed by atoms with Crippen LogP contribution in [0, 0.1) is 0 Å². The molecule has 0 aliphatic carbocycles. The average Bonchev–Trinajstić information content (AvgIpc) is 2.43. The van der Waals surface area contributed by atoms with Crippen molar-refractivity contribution in [2.45, 2.75) is 25.2 Å². The van der Waals surface area contributed by atoms with Crippen LogP contribution in [-0.2, 0) is 11.0 Å². The molecule has 0 aliphatic rings. The monoisotopic (exact) mass is 356 g/mol. The molecule has 1 amide bonds. The Labute approximate surface area is 138 Å². The van der Waals surface area contributed by atoms with E-state index in [4.69, 9.17) is 10.5 Å². The van der Waals surface area contributed by atoms with Gasteiger partial charge in [0, 0.05) is 13.6 Å². The van der Waals surface area contributed by atoms with Gasteiger partial charge >= 0.3 is 6.18 Å². The number of hydrogen-bond donors (Lipinski definition) is 2. The van der Waals surface area contributed by atoms with Crippen molar-refractivity contribution in [1.82, 2.24) is 4.90 Å². The van der Waals surface area contributed by atoms with Gasteiger partial charge in [-0.05, 0) is 19.1 Å². The molecule has 0 aliphatic heterocycles. The maximum Gasteiger partial charge on any atom is 0.419 e. The molecule has 0 aromatic heterocycles. The molecule has 5 nitrogen and oxygen atoms in total. The van der Waals surface area contributed by atoms with Crippen LogP contribution < -0.4 is 10.5 Å². The molecule has 1 rings (SSSR count). The zero-order chi connectivity index (χ0) is 16.9. The smallest absolute Gasteiger partial charge is 0.419 e. The van der Waals surface area contributed by atoms with E-state index in [2.05, 4.69) is 0 Å². The molecule has 1 aromatic rings. The molecule has 2 atom stereocenters.